The van der Waals surface area contributed by atoms with Crippen LogP contribution in [0.15, 0.2) is 84.9 Å². The molecular weight excluding hydrogens is 574 g/mol. The summed E-state index contributed by atoms with van der Waals surface area (Å²) in [4.78, 5) is 0. The average molecular weight is 625 g/mol. The molecule has 0 fully saturated rings. The molecule has 0 heterocycles. The largest absolute Gasteiger partial charge is 0.243 e. The van der Waals surface area contributed by atoms with E-state index in [-0.39, 0.29) is 13.4 Å². The van der Waals surface area contributed by atoms with Crippen LogP contribution < -0.4 is 32.8 Å². The van der Waals surface area contributed by atoms with E-state index >= 15 is 0 Å². The Balaban J connectivity index is 1.78. The van der Waals surface area contributed by atoms with Crippen molar-refractivity contribution in [3.8, 4) is 11.1 Å². The first kappa shape index (κ1) is 33.6. The van der Waals surface area contributed by atoms with Crippen LogP contribution in [-0.2, 0) is 0 Å². The normalized spacial score (nSPS) is 11.3. The standard InChI is InChI=1S/C46H50B2/c1-27-18-31(5)43(32(6)19-27)47(44-33(7)20-28(2)21-34(44)8)41-26-42(40-17-15-13-14-16-39(40)41)48(45-35(9)22-29(3)23-36(45)10)46-37(11)24-30(4)25-38(46)12/h13-26H,1-12H3. The first-order valence-corrected chi connectivity index (χ1v) is 17.6. The molecule has 4 aromatic rings. The molecule has 2 heteroatoms. The van der Waals surface area contributed by atoms with Gasteiger partial charge in [-0.2, -0.15) is 0 Å². The van der Waals surface area contributed by atoms with Gasteiger partial charge in [-0.1, -0.05) is 184 Å². The number of rotatable bonds is 6. The summed E-state index contributed by atoms with van der Waals surface area (Å²) in [6, 6.07) is 33.0. The molecule has 0 saturated carbocycles. The van der Waals surface area contributed by atoms with Crippen molar-refractivity contribution in [2.24, 2.45) is 0 Å². The van der Waals surface area contributed by atoms with Crippen molar-refractivity contribution in [3.63, 3.8) is 0 Å². The third-order valence-corrected chi connectivity index (χ3v) is 10.7. The third kappa shape index (κ3) is 5.96. The minimum atomic E-state index is 0.103. The maximum atomic E-state index is 2.61. The second kappa shape index (κ2) is 13.0. The van der Waals surface area contributed by atoms with Crippen molar-refractivity contribution >= 4 is 46.2 Å². The maximum Gasteiger partial charge on any atom is 0.243 e. The van der Waals surface area contributed by atoms with E-state index < -0.39 is 0 Å². The minimum Gasteiger partial charge on any atom is -0.0705 e. The lowest BCUT2D eigenvalue weighted by Gasteiger charge is -2.25. The van der Waals surface area contributed by atoms with E-state index in [2.05, 4.69) is 168 Å². The molecule has 2 aliphatic rings. The van der Waals surface area contributed by atoms with E-state index in [1.807, 2.05) is 0 Å². The van der Waals surface area contributed by atoms with Crippen molar-refractivity contribution in [1.82, 2.24) is 0 Å². The van der Waals surface area contributed by atoms with Gasteiger partial charge in [0.2, 0.25) is 13.4 Å². The SMILES string of the molecule is Cc1cc(C)c(B(c2cc(B(c3c(C)cc(C)cc3C)c3c(C)cc(C)cc3C)c3cccccc2-3)c2c(C)cc(C)cc2C)c(C)c1. The highest BCUT2D eigenvalue weighted by molar-refractivity contribution is 7.01. The van der Waals surface area contributed by atoms with E-state index in [0.29, 0.717) is 0 Å². The van der Waals surface area contributed by atoms with Crippen LogP contribution in [-0.4, -0.2) is 13.4 Å². The Kier molecular flexibility index (Phi) is 9.08. The van der Waals surface area contributed by atoms with Gasteiger partial charge >= 0.3 is 0 Å². The Morgan fingerprint density at radius 2 is 0.521 bits per heavy atom. The fourth-order valence-corrected chi connectivity index (χ4v) is 9.35. The van der Waals surface area contributed by atoms with Gasteiger partial charge in [0.05, 0.1) is 0 Å². The molecule has 0 atom stereocenters. The lowest BCUT2D eigenvalue weighted by atomic mass is 9.32. The van der Waals surface area contributed by atoms with Gasteiger partial charge in [-0.3, -0.25) is 0 Å². The summed E-state index contributed by atoms with van der Waals surface area (Å²) in [5.74, 6) is 0. The molecule has 0 saturated heterocycles. The monoisotopic (exact) mass is 624 g/mol. The van der Waals surface area contributed by atoms with Crippen molar-refractivity contribution in [2.75, 3.05) is 0 Å². The molecule has 0 unspecified atom stereocenters. The fraction of sp³-hybridized carbons (Fsp3) is 0.261. The van der Waals surface area contributed by atoms with Gasteiger partial charge in [0.25, 0.3) is 0 Å². The summed E-state index contributed by atoms with van der Waals surface area (Å²) < 4.78 is 0. The molecule has 0 nitrogen and oxygen atoms in total. The number of fused-ring (bicyclic) bond motifs is 1. The summed E-state index contributed by atoms with van der Waals surface area (Å²) in [5, 5.41) is 0. The third-order valence-electron chi connectivity index (χ3n) is 10.7. The van der Waals surface area contributed by atoms with Crippen LogP contribution in [0, 0.1) is 83.1 Å². The van der Waals surface area contributed by atoms with E-state index in [4.69, 9.17) is 0 Å². The first-order chi connectivity index (χ1) is 22.8. The van der Waals surface area contributed by atoms with Crippen LogP contribution in [0.2, 0.25) is 0 Å². The Morgan fingerprint density at radius 1 is 0.292 bits per heavy atom. The van der Waals surface area contributed by atoms with Crippen LogP contribution in [0.4, 0.5) is 0 Å². The summed E-state index contributed by atoms with van der Waals surface area (Å²) in [5.41, 5.74) is 27.4. The number of aryl methyl sites for hydroxylation is 12. The molecule has 0 aromatic heterocycles. The van der Waals surface area contributed by atoms with Gasteiger partial charge in [0.15, 0.2) is 0 Å². The van der Waals surface area contributed by atoms with Crippen molar-refractivity contribution in [3.05, 3.63) is 152 Å². The highest BCUT2D eigenvalue weighted by Gasteiger charge is 2.37. The molecule has 6 rings (SSSR count). The number of hydrogen-bond acceptors (Lipinski definition) is 0. The van der Waals surface area contributed by atoms with Crippen molar-refractivity contribution in [2.45, 2.75) is 83.1 Å². The molecule has 48 heavy (non-hydrogen) atoms. The second-order valence-electron chi connectivity index (χ2n) is 14.9. The lowest BCUT2D eigenvalue weighted by Crippen LogP contribution is -2.57. The molecular formula is C46H50B2. The van der Waals surface area contributed by atoms with E-state index in [9.17, 15) is 0 Å². The lowest BCUT2D eigenvalue weighted by molar-refractivity contribution is 1.34. The molecule has 0 N–H and O–H groups in total. The van der Waals surface area contributed by atoms with Crippen molar-refractivity contribution < 1.29 is 0 Å². The molecule has 2 aliphatic carbocycles. The summed E-state index contributed by atoms with van der Waals surface area (Å²) in [6.45, 7) is 27.6. The molecule has 4 aromatic carbocycles. The van der Waals surface area contributed by atoms with Crippen LogP contribution in [0.1, 0.15) is 66.8 Å². The Morgan fingerprint density at radius 3 is 0.750 bits per heavy atom. The smallest absolute Gasteiger partial charge is 0.0705 e. The minimum absolute atomic E-state index is 0.103. The van der Waals surface area contributed by atoms with Gasteiger partial charge in [0.1, 0.15) is 0 Å². The van der Waals surface area contributed by atoms with E-state index in [1.54, 1.807) is 0 Å². The van der Waals surface area contributed by atoms with Crippen LogP contribution in [0.25, 0.3) is 11.1 Å². The highest BCUT2D eigenvalue weighted by atomic mass is 14.2. The molecule has 0 bridgehead atoms. The van der Waals surface area contributed by atoms with Gasteiger partial charge in [-0.25, -0.2) is 0 Å². The van der Waals surface area contributed by atoms with Gasteiger partial charge in [-0.05, 0) is 94.2 Å². The number of benzene rings is 4. The zero-order valence-electron chi connectivity index (χ0n) is 31.2. The highest BCUT2D eigenvalue weighted by Crippen LogP contribution is 2.24. The second-order valence-corrected chi connectivity index (χ2v) is 14.9. The summed E-state index contributed by atoms with van der Waals surface area (Å²) >= 11 is 0. The van der Waals surface area contributed by atoms with E-state index in [1.165, 1.54) is 111 Å². The predicted molar refractivity (Wildman–Crippen MR) is 215 cm³/mol. The van der Waals surface area contributed by atoms with E-state index in [0.717, 1.165) is 0 Å². The topological polar surface area (TPSA) is 0 Å². The maximum absolute atomic E-state index is 2.61. The van der Waals surface area contributed by atoms with Gasteiger partial charge in [-0.15, -0.1) is 0 Å². The predicted octanol–water partition coefficient (Wildman–Crippen LogP) is 7.52. The van der Waals surface area contributed by atoms with Crippen LogP contribution in [0.3, 0.4) is 0 Å². The first-order valence-electron chi connectivity index (χ1n) is 17.6. The molecule has 0 aliphatic heterocycles. The van der Waals surface area contributed by atoms with Crippen LogP contribution >= 0.6 is 0 Å². The van der Waals surface area contributed by atoms with Crippen LogP contribution in [0.5, 0.6) is 0 Å². The van der Waals surface area contributed by atoms with Gasteiger partial charge in [0, 0.05) is 0 Å². The summed E-state index contributed by atoms with van der Waals surface area (Å²) in [7, 11) is 0. The Labute approximate surface area is 291 Å². The average Bonchev–Trinajstić information content (AvgIpc) is 3.12. The number of hydrogen-bond donors (Lipinski definition) is 0. The molecule has 0 amide bonds. The summed E-state index contributed by atoms with van der Waals surface area (Å²) in [6.07, 6.45) is 0. The van der Waals surface area contributed by atoms with Gasteiger partial charge < -0.3 is 0 Å². The Hall–Kier alpha value is -4.29. The molecule has 0 spiro atoms. The molecule has 240 valence electrons. The zero-order valence-corrected chi connectivity index (χ0v) is 31.2. The fourth-order valence-electron chi connectivity index (χ4n) is 9.35. The Bertz CT molecular complexity index is 1810. The zero-order chi connectivity index (χ0) is 34.6. The molecule has 0 radical (unpaired) electrons. The van der Waals surface area contributed by atoms with Crippen molar-refractivity contribution in [1.29, 1.82) is 0 Å². The quantitative estimate of drug-likeness (QED) is 0.168.